The number of quaternary nitrogens is 2. The van der Waals surface area contributed by atoms with Gasteiger partial charge in [0.25, 0.3) is 0 Å². The van der Waals surface area contributed by atoms with Gasteiger partial charge in [0, 0.05) is 0 Å². The zero-order chi connectivity index (χ0) is 32.8. The first-order chi connectivity index (χ1) is 21.4. The van der Waals surface area contributed by atoms with Gasteiger partial charge in [0.1, 0.15) is 0 Å². The lowest BCUT2D eigenvalue weighted by atomic mass is 10.0. The van der Waals surface area contributed by atoms with E-state index in [0.717, 1.165) is 0 Å². The molecular weight excluding hydrogens is 692 g/mol. The lowest BCUT2D eigenvalue weighted by molar-refractivity contribution is -0.888. The summed E-state index contributed by atoms with van der Waals surface area (Å²) in [6.45, 7) is 10.9. The molecule has 0 aromatic carbocycles. The highest BCUT2D eigenvalue weighted by atomic mass is 79.9. The molecule has 2 nitrogen and oxygen atoms in total. The molecule has 0 spiro atoms. The molecule has 0 aliphatic heterocycles. The molecule has 1 N–H and O–H groups in total. The van der Waals surface area contributed by atoms with Gasteiger partial charge in [-0.2, -0.15) is 0 Å². The van der Waals surface area contributed by atoms with E-state index in [1.807, 2.05) is 0 Å². The van der Waals surface area contributed by atoms with Gasteiger partial charge >= 0.3 is 0 Å². The topological polar surface area (TPSA) is 4.44 Å². The number of hydrogen-bond donors (Lipinski definition) is 1. The van der Waals surface area contributed by atoms with Gasteiger partial charge in [-0.3, -0.25) is 0 Å². The van der Waals surface area contributed by atoms with Crippen molar-refractivity contribution in [1.29, 1.82) is 0 Å². The van der Waals surface area contributed by atoms with E-state index in [2.05, 4.69) is 49.0 Å². The summed E-state index contributed by atoms with van der Waals surface area (Å²) in [6, 6.07) is 0. The normalized spacial score (nSPS) is 11.2. The monoisotopic (exact) mass is 783 g/mol. The van der Waals surface area contributed by atoms with Gasteiger partial charge in [0.05, 0.1) is 47.8 Å². The smallest absolute Gasteiger partial charge is 0.0782 e. The van der Waals surface area contributed by atoms with Crippen LogP contribution in [0.5, 0.6) is 0 Å². The lowest BCUT2D eigenvalue weighted by Crippen LogP contribution is -3.05. The number of rotatable bonds is 35. The van der Waals surface area contributed by atoms with Crippen molar-refractivity contribution in [2.45, 2.75) is 226 Å². The third kappa shape index (κ3) is 51.7. The van der Waals surface area contributed by atoms with Crippen LogP contribution < -0.4 is 38.9 Å². The van der Waals surface area contributed by atoms with Gasteiger partial charge in [-0.25, -0.2) is 0 Å². The Labute approximate surface area is 315 Å². The minimum absolute atomic E-state index is 0. The summed E-state index contributed by atoms with van der Waals surface area (Å²) in [5.74, 6) is 0. The van der Waals surface area contributed by atoms with E-state index in [1.54, 1.807) is 4.90 Å². The van der Waals surface area contributed by atoms with E-state index in [0.29, 0.717) is 0 Å². The second-order valence-electron chi connectivity index (χ2n) is 15.5. The van der Waals surface area contributed by atoms with Crippen LogP contribution in [0, 0.1) is 0 Å². The first-order valence-corrected chi connectivity index (χ1v) is 21.0. The molecule has 0 heterocycles. The van der Waals surface area contributed by atoms with Gasteiger partial charge < -0.3 is 43.3 Å². The standard InChI is InChI=1S/C22H48N.C20H43N.2BrH/c1-5-7-8-9-10-11-12-13-14-15-16-17-18-19-20-21-22-23(3,4)6-2;1-4-5-6-7-8-9-10-11-12-13-14-15-16-17-18-19-20-21(2)3;;/h5-22H2,1-4H3;4-20H2,1-3H3;2*1H/q+1;;;/p-1. The molecule has 0 unspecified atom stereocenters. The van der Waals surface area contributed by atoms with Gasteiger partial charge in [-0.1, -0.05) is 194 Å². The first kappa shape index (κ1) is 53.7. The highest BCUT2D eigenvalue weighted by Gasteiger charge is 2.10. The van der Waals surface area contributed by atoms with Crippen LogP contribution in [-0.2, 0) is 0 Å². The number of nitrogens with zero attached hydrogens (tertiary/aromatic N) is 1. The molecule has 0 aliphatic carbocycles. The summed E-state index contributed by atoms with van der Waals surface area (Å²) in [6.07, 6.45) is 46.8. The predicted octanol–water partition coefficient (Wildman–Crippen LogP) is 6.74. The number of hydrogen-bond acceptors (Lipinski definition) is 0. The van der Waals surface area contributed by atoms with Crippen molar-refractivity contribution in [3.8, 4) is 0 Å². The van der Waals surface area contributed by atoms with Crippen molar-refractivity contribution in [1.82, 2.24) is 0 Å². The molecule has 0 saturated carbocycles. The Kier molecular flexibility index (Phi) is 53.5. The van der Waals surface area contributed by atoms with Crippen LogP contribution in [0.1, 0.15) is 226 Å². The maximum atomic E-state index is 2.35. The van der Waals surface area contributed by atoms with Crippen molar-refractivity contribution in [3.63, 3.8) is 0 Å². The molecule has 0 aromatic heterocycles. The zero-order valence-electron chi connectivity index (χ0n) is 33.5. The van der Waals surface area contributed by atoms with Crippen molar-refractivity contribution < 1.29 is 43.3 Å². The molecule has 46 heavy (non-hydrogen) atoms. The molecule has 0 amide bonds. The van der Waals surface area contributed by atoms with Crippen LogP contribution in [0.3, 0.4) is 0 Å². The largest absolute Gasteiger partial charge is 1.00 e. The minimum atomic E-state index is 0. The molecule has 0 aromatic rings. The van der Waals surface area contributed by atoms with Crippen LogP contribution in [-0.4, -0.2) is 52.3 Å². The summed E-state index contributed by atoms with van der Waals surface area (Å²) in [4.78, 5) is 1.60. The van der Waals surface area contributed by atoms with E-state index in [-0.39, 0.29) is 34.0 Å². The molecule has 0 bridgehead atoms. The van der Waals surface area contributed by atoms with Crippen LogP contribution in [0.15, 0.2) is 0 Å². The van der Waals surface area contributed by atoms with E-state index in [9.17, 15) is 0 Å². The van der Waals surface area contributed by atoms with Gasteiger partial charge in [-0.05, 0) is 32.6 Å². The Morgan fingerprint density at radius 2 is 0.543 bits per heavy atom. The molecule has 0 saturated heterocycles. The fourth-order valence-electron chi connectivity index (χ4n) is 6.27. The third-order valence-corrected chi connectivity index (χ3v) is 10.0. The summed E-state index contributed by atoms with van der Waals surface area (Å²) in [5, 5.41) is 0. The Morgan fingerprint density at radius 1 is 0.326 bits per heavy atom. The second kappa shape index (κ2) is 45.9. The number of nitrogens with one attached hydrogen (secondary N) is 1. The van der Waals surface area contributed by atoms with E-state index >= 15 is 0 Å². The van der Waals surface area contributed by atoms with E-state index in [1.165, 1.54) is 230 Å². The maximum absolute atomic E-state index is 2.35. The molecule has 0 radical (unpaired) electrons. The van der Waals surface area contributed by atoms with Crippen LogP contribution >= 0.6 is 0 Å². The number of unbranched alkanes of at least 4 members (excludes halogenated alkanes) is 30. The van der Waals surface area contributed by atoms with Crippen molar-refractivity contribution in [2.75, 3.05) is 47.8 Å². The Bertz CT molecular complexity index is 498. The average Bonchev–Trinajstić information content (AvgIpc) is 3.01. The summed E-state index contributed by atoms with van der Waals surface area (Å²) < 4.78 is 1.19. The molecule has 4 heteroatoms. The molecule has 0 atom stereocenters. The molecule has 0 fully saturated rings. The molecule has 0 aliphatic rings. The van der Waals surface area contributed by atoms with Crippen molar-refractivity contribution in [3.05, 3.63) is 0 Å². The fourth-order valence-corrected chi connectivity index (χ4v) is 6.27. The van der Waals surface area contributed by atoms with E-state index in [4.69, 9.17) is 0 Å². The number of halogens is 2. The third-order valence-electron chi connectivity index (χ3n) is 10.0. The lowest BCUT2D eigenvalue weighted by Gasteiger charge is -2.28. The highest BCUT2D eigenvalue weighted by Crippen LogP contribution is 2.15. The Balaban J connectivity index is -0.000000369. The Morgan fingerprint density at radius 3 is 0.761 bits per heavy atom. The van der Waals surface area contributed by atoms with Crippen LogP contribution in [0.2, 0.25) is 0 Å². The van der Waals surface area contributed by atoms with Gasteiger partial charge in [0.2, 0.25) is 0 Å². The van der Waals surface area contributed by atoms with Crippen molar-refractivity contribution in [2.24, 2.45) is 0 Å². The average molecular weight is 785 g/mol. The molecular formula is C42H92Br2N2. The van der Waals surface area contributed by atoms with Crippen molar-refractivity contribution >= 4 is 0 Å². The zero-order valence-corrected chi connectivity index (χ0v) is 36.6. The van der Waals surface area contributed by atoms with E-state index < -0.39 is 0 Å². The first-order valence-electron chi connectivity index (χ1n) is 21.0. The highest BCUT2D eigenvalue weighted by molar-refractivity contribution is 4.51. The quantitative estimate of drug-likeness (QED) is 0.0537. The molecule has 0 rings (SSSR count). The summed E-state index contributed by atoms with van der Waals surface area (Å²) in [7, 11) is 9.22. The fraction of sp³-hybridized carbons (Fsp3) is 1.00. The SMILES string of the molecule is CCCCCCCCCCCCCCCCCC[N+](C)(C)CC.CCCCCCCCCCCCCCCCCC[NH+](C)C.[Br-].[Br-]. The second-order valence-corrected chi connectivity index (χ2v) is 15.5. The van der Waals surface area contributed by atoms with Gasteiger partial charge in [0.15, 0.2) is 0 Å². The predicted molar refractivity (Wildman–Crippen MR) is 204 cm³/mol. The molecule has 284 valence electrons. The minimum Gasteiger partial charge on any atom is -1.00 e. The van der Waals surface area contributed by atoms with Crippen LogP contribution in [0.4, 0.5) is 0 Å². The summed E-state index contributed by atoms with van der Waals surface area (Å²) >= 11 is 0. The van der Waals surface area contributed by atoms with Crippen LogP contribution in [0.25, 0.3) is 0 Å². The summed E-state index contributed by atoms with van der Waals surface area (Å²) in [5.41, 5.74) is 0. The maximum Gasteiger partial charge on any atom is 0.0782 e. The van der Waals surface area contributed by atoms with Gasteiger partial charge in [-0.15, -0.1) is 0 Å². The Hall–Kier alpha value is 0.880.